The van der Waals surface area contributed by atoms with Crippen LogP contribution in [0, 0.1) is 0 Å². The number of esters is 1. The SMILES string of the molecule is CCOC(=O)C1=C(c2ccccc2)NC(=O)NC1c1cc(Cl)c(OCC)c(OC)c1. The Morgan fingerprint density at radius 1 is 1.13 bits per heavy atom. The Labute approximate surface area is 180 Å². The predicted octanol–water partition coefficient (Wildman–Crippen LogP) is 4.08. The number of carbonyl (C=O) groups excluding carboxylic acids is 2. The minimum Gasteiger partial charge on any atom is -0.493 e. The lowest BCUT2D eigenvalue weighted by atomic mass is 9.92. The minimum absolute atomic E-state index is 0.193. The largest absolute Gasteiger partial charge is 0.493 e. The van der Waals surface area contributed by atoms with Gasteiger partial charge in [-0.25, -0.2) is 9.59 Å². The summed E-state index contributed by atoms with van der Waals surface area (Å²) in [5.41, 5.74) is 1.90. The van der Waals surface area contributed by atoms with Crippen LogP contribution in [0.1, 0.15) is 31.0 Å². The third kappa shape index (κ3) is 4.36. The van der Waals surface area contributed by atoms with Gasteiger partial charge in [0, 0.05) is 0 Å². The molecule has 8 heteroatoms. The van der Waals surface area contributed by atoms with Crippen molar-refractivity contribution < 1.29 is 23.8 Å². The maximum atomic E-state index is 12.9. The lowest BCUT2D eigenvalue weighted by molar-refractivity contribution is -0.138. The van der Waals surface area contributed by atoms with Gasteiger partial charge in [0.2, 0.25) is 0 Å². The van der Waals surface area contributed by atoms with Gasteiger partial charge in [-0.05, 0) is 37.1 Å². The molecule has 0 aromatic heterocycles. The van der Waals surface area contributed by atoms with Crippen LogP contribution in [0.25, 0.3) is 5.70 Å². The number of amides is 2. The zero-order valence-corrected chi connectivity index (χ0v) is 17.7. The molecule has 2 aromatic rings. The molecule has 0 fully saturated rings. The van der Waals surface area contributed by atoms with Crippen molar-refractivity contribution in [1.29, 1.82) is 0 Å². The van der Waals surface area contributed by atoms with Crippen LogP contribution >= 0.6 is 11.6 Å². The molecule has 3 rings (SSSR count). The monoisotopic (exact) mass is 430 g/mol. The second-order valence-electron chi connectivity index (χ2n) is 6.37. The number of nitrogens with one attached hydrogen (secondary N) is 2. The van der Waals surface area contributed by atoms with Crippen LogP contribution in [0.2, 0.25) is 5.02 Å². The van der Waals surface area contributed by atoms with E-state index in [1.54, 1.807) is 19.1 Å². The molecule has 2 amide bonds. The van der Waals surface area contributed by atoms with E-state index in [4.69, 9.17) is 25.8 Å². The van der Waals surface area contributed by atoms with Crippen LogP contribution in [0.4, 0.5) is 4.79 Å². The quantitative estimate of drug-likeness (QED) is 0.646. The normalized spacial score (nSPS) is 15.9. The van der Waals surface area contributed by atoms with E-state index in [-0.39, 0.29) is 12.2 Å². The smallest absolute Gasteiger partial charge is 0.338 e. The summed E-state index contributed by atoms with van der Waals surface area (Å²) in [6.45, 7) is 4.16. The summed E-state index contributed by atoms with van der Waals surface area (Å²) >= 11 is 6.42. The maximum Gasteiger partial charge on any atom is 0.338 e. The Kier molecular flexibility index (Phi) is 6.84. The fourth-order valence-electron chi connectivity index (χ4n) is 3.27. The number of rotatable bonds is 7. The summed E-state index contributed by atoms with van der Waals surface area (Å²) in [6, 6.07) is 11.2. The zero-order valence-electron chi connectivity index (χ0n) is 17.0. The molecule has 2 aromatic carbocycles. The van der Waals surface area contributed by atoms with Gasteiger partial charge in [-0.15, -0.1) is 0 Å². The van der Waals surface area contributed by atoms with Crippen LogP contribution in [-0.4, -0.2) is 32.3 Å². The molecular weight excluding hydrogens is 408 g/mol. The number of hydrogen-bond acceptors (Lipinski definition) is 5. The molecule has 158 valence electrons. The number of hydrogen-bond donors (Lipinski definition) is 2. The van der Waals surface area contributed by atoms with Crippen molar-refractivity contribution >= 4 is 29.3 Å². The average Bonchev–Trinajstić information content (AvgIpc) is 2.75. The molecule has 0 saturated carbocycles. The van der Waals surface area contributed by atoms with Crippen molar-refractivity contribution in [3.63, 3.8) is 0 Å². The Hall–Kier alpha value is -3.19. The van der Waals surface area contributed by atoms with Crippen molar-refractivity contribution in [2.45, 2.75) is 19.9 Å². The molecule has 1 atom stereocenters. The highest BCUT2D eigenvalue weighted by Gasteiger charge is 2.35. The predicted molar refractivity (Wildman–Crippen MR) is 114 cm³/mol. The van der Waals surface area contributed by atoms with E-state index in [2.05, 4.69) is 10.6 Å². The van der Waals surface area contributed by atoms with Gasteiger partial charge in [0.05, 0.1) is 42.7 Å². The number of ether oxygens (including phenoxy) is 3. The van der Waals surface area contributed by atoms with Crippen LogP contribution in [0.5, 0.6) is 11.5 Å². The highest BCUT2D eigenvalue weighted by Crippen LogP contribution is 2.41. The van der Waals surface area contributed by atoms with Gasteiger partial charge >= 0.3 is 12.0 Å². The topological polar surface area (TPSA) is 85.9 Å². The van der Waals surface area contributed by atoms with Gasteiger partial charge in [0.1, 0.15) is 0 Å². The lowest BCUT2D eigenvalue weighted by Crippen LogP contribution is -2.45. The molecule has 1 unspecified atom stereocenters. The molecule has 1 heterocycles. The molecule has 0 bridgehead atoms. The van der Waals surface area contributed by atoms with Crippen molar-refractivity contribution in [3.8, 4) is 11.5 Å². The van der Waals surface area contributed by atoms with E-state index in [0.717, 1.165) is 0 Å². The molecule has 0 spiro atoms. The van der Waals surface area contributed by atoms with Crippen molar-refractivity contribution in [2.75, 3.05) is 20.3 Å². The van der Waals surface area contributed by atoms with Crippen LogP contribution in [0.3, 0.4) is 0 Å². The fourth-order valence-corrected chi connectivity index (χ4v) is 3.54. The third-order valence-corrected chi connectivity index (χ3v) is 4.78. The molecule has 2 N–H and O–H groups in total. The van der Waals surface area contributed by atoms with E-state index in [9.17, 15) is 9.59 Å². The number of urea groups is 1. The molecule has 0 radical (unpaired) electrons. The summed E-state index contributed by atoms with van der Waals surface area (Å²) in [5, 5.41) is 5.83. The number of carbonyl (C=O) groups is 2. The first-order chi connectivity index (χ1) is 14.5. The van der Waals surface area contributed by atoms with E-state index >= 15 is 0 Å². The first-order valence-electron chi connectivity index (χ1n) is 9.54. The minimum atomic E-state index is -0.796. The first kappa shape index (κ1) is 21.5. The summed E-state index contributed by atoms with van der Waals surface area (Å²) in [6.07, 6.45) is 0. The standard InChI is InChI=1S/C22H23ClN2O5/c1-4-29-20-15(23)11-14(12-16(20)28-3)19-17(21(26)30-5-2)18(24-22(27)25-19)13-9-7-6-8-10-13/h6-12,19H,4-5H2,1-3H3,(H2,24,25,27). The Bertz CT molecular complexity index is 975. The van der Waals surface area contributed by atoms with Crippen LogP contribution < -0.4 is 20.1 Å². The highest BCUT2D eigenvalue weighted by atomic mass is 35.5. The average molecular weight is 431 g/mol. The van der Waals surface area contributed by atoms with Gasteiger partial charge in [-0.3, -0.25) is 0 Å². The molecule has 7 nitrogen and oxygen atoms in total. The van der Waals surface area contributed by atoms with Gasteiger partial charge in [0.15, 0.2) is 11.5 Å². The van der Waals surface area contributed by atoms with E-state index in [0.29, 0.717) is 40.0 Å². The van der Waals surface area contributed by atoms with Gasteiger partial charge in [-0.1, -0.05) is 41.9 Å². The van der Waals surface area contributed by atoms with E-state index < -0.39 is 18.0 Å². The third-order valence-electron chi connectivity index (χ3n) is 4.50. The summed E-state index contributed by atoms with van der Waals surface area (Å²) < 4.78 is 16.3. The van der Waals surface area contributed by atoms with Crippen molar-refractivity contribution in [2.24, 2.45) is 0 Å². The van der Waals surface area contributed by atoms with E-state index in [1.807, 2.05) is 37.3 Å². The zero-order chi connectivity index (χ0) is 21.7. The van der Waals surface area contributed by atoms with Crippen LogP contribution in [-0.2, 0) is 9.53 Å². The van der Waals surface area contributed by atoms with E-state index in [1.165, 1.54) is 7.11 Å². The van der Waals surface area contributed by atoms with Gasteiger partial charge in [-0.2, -0.15) is 0 Å². The molecule has 30 heavy (non-hydrogen) atoms. The lowest BCUT2D eigenvalue weighted by Gasteiger charge is -2.30. The van der Waals surface area contributed by atoms with Crippen LogP contribution in [0.15, 0.2) is 48.0 Å². The van der Waals surface area contributed by atoms with Gasteiger partial charge in [0.25, 0.3) is 0 Å². The molecule has 0 saturated heterocycles. The first-order valence-corrected chi connectivity index (χ1v) is 9.92. The Morgan fingerprint density at radius 2 is 1.87 bits per heavy atom. The van der Waals surface area contributed by atoms with Crippen molar-refractivity contribution in [3.05, 3.63) is 64.2 Å². The highest BCUT2D eigenvalue weighted by molar-refractivity contribution is 6.32. The number of benzene rings is 2. The summed E-state index contributed by atoms with van der Waals surface area (Å²) in [4.78, 5) is 25.4. The van der Waals surface area contributed by atoms with Crippen molar-refractivity contribution in [1.82, 2.24) is 10.6 Å². The maximum absolute atomic E-state index is 12.9. The molecule has 0 aliphatic carbocycles. The Morgan fingerprint density at radius 3 is 2.50 bits per heavy atom. The molecular formula is C22H23ClN2O5. The Balaban J connectivity index is 2.20. The summed E-state index contributed by atoms with van der Waals surface area (Å²) in [5.74, 6) is 0.255. The molecule has 1 aliphatic rings. The molecule has 1 aliphatic heterocycles. The number of methoxy groups -OCH3 is 1. The number of halogens is 1. The fraction of sp³-hybridized carbons (Fsp3) is 0.273. The second-order valence-corrected chi connectivity index (χ2v) is 6.78. The second kappa shape index (κ2) is 9.54. The summed E-state index contributed by atoms with van der Waals surface area (Å²) in [7, 11) is 1.50. The van der Waals surface area contributed by atoms with Gasteiger partial charge < -0.3 is 24.8 Å².